The van der Waals surface area contributed by atoms with E-state index < -0.39 is 0 Å². The van der Waals surface area contributed by atoms with Crippen molar-refractivity contribution in [2.24, 2.45) is 4.99 Å². The van der Waals surface area contributed by atoms with Crippen LogP contribution in [-0.4, -0.2) is 29.7 Å². The second-order valence-corrected chi connectivity index (χ2v) is 9.14. The lowest BCUT2D eigenvalue weighted by Crippen LogP contribution is -2.36. The molecule has 1 amide bonds. The van der Waals surface area contributed by atoms with Gasteiger partial charge in [0.2, 0.25) is 0 Å². The van der Waals surface area contributed by atoms with Crippen LogP contribution in [0.5, 0.6) is 0 Å². The Bertz CT molecular complexity index is 1140. The third-order valence-electron chi connectivity index (χ3n) is 5.79. The van der Waals surface area contributed by atoms with Gasteiger partial charge in [-0.25, -0.2) is 10.4 Å². The van der Waals surface area contributed by atoms with Crippen LogP contribution >= 0.6 is 11.8 Å². The summed E-state index contributed by atoms with van der Waals surface area (Å²) in [6.45, 7) is 2.62. The number of rotatable bonds is 4. The summed E-state index contributed by atoms with van der Waals surface area (Å²) in [6, 6.07) is 24.2. The zero-order valence-corrected chi connectivity index (χ0v) is 18.7. The van der Waals surface area contributed by atoms with Gasteiger partial charge < -0.3 is 4.90 Å². The van der Waals surface area contributed by atoms with E-state index in [1.165, 1.54) is 29.7 Å². The Morgan fingerprint density at radius 2 is 1.69 bits per heavy atom. The van der Waals surface area contributed by atoms with E-state index in [4.69, 9.17) is 4.99 Å². The highest BCUT2D eigenvalue weighted by Crippen LogP contribution is 2.41. The van der Waals surface area contributed by atoms with Crippen molar-refractivity contribution in [1.29, 1.82) is 0 Å². The minimum atomic E-state index is -0.162. The maximum absolute atomic E-state index is 12.8. The molecule has 1 fully saturated rings. The van der Waals surface area contributed by atoms with E-state index in [1.54, 1.807) is 11.8 Å². The third-order valence-corrected chi connectivity index (χ3v) is 6.93. The molecule has 0 radical (unpaired) electrons. The first-order valence-electron chi connectivity index (χ1n) is 11.1. The van der Waals surface area contributed by atoms with Gasteiger partial charge in [-0.15, -0.1) is 0 Å². The average molecular weight is 443 g/mol. The predicted molar refractivity (Wildman–Crippen MR) is 129 cm³/mol. The number of benzene rings is 3. The second kappa shape index (κ2) is 9.59. The number of hydrogen-bond acceptors (Lipinski definition) is 5. The minimum absolute atomic E-state index is 0.162. The van der Waals surface area contributed by atoms with E-state index in [9.17, 15) is 4.79 Å². The normalized spacial score (nSPS) is 15.2. The second-order valence-electron chi connectivity index (χ2n) is 8.06. The standard InChI is InChI=1S/C26H26N4OS/c31-26(29-27-18-19-9-3-1-4-10-19)20-13-14-24-22(17-20)28-25(30-15-7-2-8-16-30)21-11-5-6-12-23(21)32-24/h1,3-6,9-14,17,27H,2,7-8,15-16,18H2,(H,29,31). The molecule has 0 bridgehead atoms. The van der Waals surface area contributed by atoms with Crippen molar-refractivity contribution in [1.82, 2.24) is 15.8 Å². The van der Waals surface area contributed by atoms with Gasteiger partial charge in [-0.1, -0.05) is 60.3 Å². The number of hydrazine groups is 1. The number of piperidine rings is 1. The fourth-order valence-electron chi connectivity index (χ4n) is 4.11. The average Bonchev–Trinajstić information content (AvgIpc) is 3.01. The monoisotopic (exact) mass is 442 g/mol. The number of aliphatic imine (C=N–C) groups is 1. The van der Waals surface area contributed by atoms with E-state index in [0.717, 1.165) is 35.1 Å². The van der Waals surface area contributed by atoms with Crippen molar-refractivity contribution >= 4 is 29.2 Å². The number of amides is 1. The maximum Gasteiger partial charge on any atom is 0.265 e. The summed E-state index contributed by atoms with van der Waals surface area (Å²) in [7, 11) is 0. The summed E-state index contributed by atoms with van der Waals surface area (Å²) in [5, 5.41) is 0. The van der Waals surface area contributed by atoms with Crippen molar-refractivity contribution in [2.45, 2.75) is 35.6 Å². The van der Waals surface area contributed by atoms with Crippen LogP contribution in [0.25, 0.3) is 0 Å². The fraction of sp³-hybridized carbons (Fsp3) is 0.231. The topological polar surface area (TPSA) is 56.7 Å². The number of carbonyl (C=O) groups excluding carboxylic acids is 1. The molecule has 1 saturated heterocycles. The maximum atomic E-state index is 12.8. The number of carbonyl (C=O) groups is 1. The number of amidine groups is 1. The zero-order valence-electron chi connectivity index (χ0n) is 17.9. The quantitative estimate of drug-likeness (QED) is 0.549. The number of nitrogens with zero attached hydrogens (tertiary/aromatic N) is 2. The van der Waals surface area contributed by atoms with Crippen molar-refractivity contribution in [2.75, 3.05) is 13.1 Å². The van der Waals surface area contributed by atoms with E-state index in [-0.39, 0.29) is 5.91 Å². The smallest absolute Gasteiger partial charge is 0.265 e. The fourth-order valence-corrected chi connectivity index (χ4v) is 5.10. The highest BCUT2D eigenvalue weighted by atomic mass is 32.2. The summed E-state index contributed by atoms with van der Waals surface area (Å²) in [5.74, 6) is 0.858. The van der Waals surface area contributed by atoms with Crippen LogP contribution in [0, 0.1) is 0 Å². The van der Waals surface area contributed by atoms with E-state index >= 15 is 0 Å². The Morgan fingerprint density at radius 3 is 2.53 bits per heavy atom. The molecular formula is C26H26N4OS. The van der Waals surface area contributed by atoms with Crippen LogP contribution in [-0.2, 0) is 6.54 Å². The summed E-state index contributed by atoms with van der Waals surface area (Å²) in [6.07, 6.45) is 3.66. The summed E-state index contributed by atoms with van der Waals surface area (Å²) in [5.41, 5.74) is 9.55. The summed E-state index contributed by atoms with van der Waals surface area (Å²) in [4.78, 5) is 22.5. The van der Waals surface area contributed by atoms with Crippen molar-refractivity contribution in [3.05, 3.63) is 89.5 Å². The molecule has 32 heavy (non-hydrogen) atoms. The highest BCUT2D eigenvalue weighted by Gasteiger charge is 2.23. The van der Waals surface area contributed by atoms with Crippen LogP contribution in [0.4, 0.5) is 5.69 Å². The van der Waals surface area contributed by atoms with Gasteiger partial charge in [0.15, 0.2) is 0 Å². The Kier molecular flexibility index (Phi) is 6.23. The Morgan fingerprint density at radius 1 is 0.906 bits per heavy atom. The van der Waals surface area contributed by atoms with Gasteiger partial charge in [-0.05, 0) is 49.1 Å². The molecule has 2 aliphatic rings. The predicted octanol–water partition coefficient (Wildman–Crippen LogP) is 5.15. The van der Waals surface area contributed by atoms with Crippen LogP contribution in [0.15, 0.2) is 87.6 Å². The zero-order chi connectivity index (χ0) is 21.8. The highest BCUT2D eigenvalue weighted by molar-refractivity contribution is 7.99. The molecule has 162 valence electrons. The molecule has 3 aromatic carbocycles. The molecule has 2 heterocycles. The lowest BCUT2D eigenvalue weighted by atomic mass is 10.1. The number of fused-ring (bicyclic) bond motifs is 2. The van der Waals surface area contributed by atoms with Crippen LogP contribution in [0.3, 0.4) is 0 Å². The number of nitrogens with one attached hydrogen (secondary N) is 2. The molecule has 6 heteroatoms. The number of likely N-dealkylation sites (tertiary alicyclic amines) is 1. The largest absolute Gasteiger partial charge is 0.356 e. The molecule has 0 unspecified atom stereocenters. The minimum Gasteiger partial charge on any atom is -0.356 e. The third kappa shape index (κ3) is 4.56. The lowest BCUT2D eigenvalue weighted by molar-refractivity contribution is 0.0932. The van der Waals surface area contributed by atoms with E-state index in [1.807, 2.05) is 48.5 Å². The lowest BCUT2D eigenvalue weighted by Gasteiger charge is -2.30. The van der Waals surface area contributed by atoms with Gasteiger partial charge in [0.05, 0.1) is 5.69 Å². The Labute approximate surface area is 192 Å². The summed E-state index contributed by atoms with van der Waals surface area (Å²) >= 11 is 1.72. The van der Waals surface area contributed by atoms with Crippen LogP contribution in [0.1, 0.15) is 40.7 Å². The Hall–Kier alpha value is -3.09. The van der Waals surface area contributed by atoms with Gasteiger partial charge in [0, 0.05) is 40.6 Å². The van der Waals surface area contributed by atoms with Crippen LogP contribution in [0.2, 0.25) is 0 Å². The molecule has 2 aliphatic heterocycles. The first-order chi connectivity index (χ1) is 15.8. The molecule has 3 aromatic rings. The Balaban J connectivity index is 1.40. The molecule has 2 N–H and O–H groups in total. The van der Waals surface area contributed by atoms with Gasteiger partial charge in [-0.3, -0.25) is 10.2 Å². The first kappa shape index (κ1) is 20.8. The molecule has 0 atom stereocenters. The van der Waals surface area contributed by atoms with E-state index in [0.29, 0.717) is 12.1 Å². The molecule has 5 rings (SSSR count). The molecule has 0 spiro atoms. The first-order valence-corrected chi connectivity index (χ1v) is 11.9. The van der Waals surface area contributed by atoms with Crippen molar-refractivity contribution in [3.8, 4) is 0 Å². The molecule has 5 nitrogen and oxygen atoms in total. The van der Waals surface area contributed by atoms with Crippen LogP contribution < -0.4 is 10.9 Å². The SMILES string of the molecule is O=C(NNCc1ccccc1)c1ccc2c(c1)N=C(N1CCCCC1)c1ccccc1S2. The molecule has 0 aromatic heterocycles. The number of hydrogen-bond donors (Lipinski definition) is 2. The molecule has 0 aliphatic carbocycles. The van der Waals surface area contributed by atoms with E-state index in [2.05, 4.69) is 40.0 Å². The van der Waals surface area contributed by atoms with Gasteiger partial charge >= 0.3 is 0 Å². The molecular weight excluding hydrogens is 416 g/mol. The van der Waals surface area contributed by atoms with Gasteiger partial charge in [0.25, 0.3) is 5.91 Å². The molecule has 0 saturated carbocycles. The van der Waals surface area contributed by atoms with Crippen molar-refractivity contribution < 1.29 is 4.79 Å². The van der Waals surface area contributed by atoms with Gasteiger partial charge in [0.1, 0.15) is 5.84 Å². The van der Waals surface area contributed by atoms with Gasteiger partial charge in [-0.2, -0.15) is 0 Å². The summed E-state index contributed by atoms with van der Waals surface area (Å²) < 4.78 is 0. The van der Waals surface area contributed by atoms with Crippen molar-refractivity contribution in [3.63, 3.8) is 0 Å².